The second kappa shape index (κ2) is 9.60. The van der Waals surface area contributed by atoms with Gasteiger partial charge in [0.1, 0.15) is 0 Å². The molecule has 0 radical (unpaired) electrons. The monoisotopic (exact) mass is 495 g/mol. The highest BCUT2D eigenvalue weighted by atomic mass is 19.2. The molecule has 1 atom stereocenters. The summed E-state index contributed by atoms with van der Waals surface area (Å²) in [6, 6.07) is 9.35. The molecule has 0 spiro atoms. The van der Waals surface area contributed by atoms with Gasteiger partial charge in [-0.25, -0.2) is 17.6 Å². The molecule has 0 aliphatic carbocycles. The van der Waals surface area contributed by atoms with Crippen LogP contribution in [0.2, 0.25) is 0 Å². The molecular weight excluding hydrogens is 466 g/mol. The Hall–Kier alpha value is -3.35. The number of aromatic nitrogens is 2. The zero-order valence-electron chi connectivity index (χ0n) is 20.9. The lowest BCUT2D eigenvalue weighted by Crippen LogP contribution is -2.35. The summed E-state index contributed by atoms with van der Waals surface area (Å²) in [5, 5.41) is 9.81. The van der Waals surface area contributed by atoms with Gasteiger partial charge in [0.2, 0.25) is 0 Å². The highest BCUT2D eigenvalue weighted by molar-refractivity contribution is 6.02. The van der Waals surface area contributed by atoms with Crippen molar-refractivity contribution < 1.29 is 17.6 Å². The van der Waals surface area contributed by atoms with E-state index in [1.807, 2.05) is 30.3 Å². The molecule has 4 rings (SSSR count). The number of pyridine rings is 2. The normalized spacial score (nSPS) is 13.8. The predicted molar refractivity (Wildman–Crippen MR) is 136 cm³/mol. The lowest BCUT2D eigenvalue weighted by atomic mass is 9.71. The Labute approximate surface area is 208 Å². The lowest BCUT2D eigenvalue weighted by molar-refractivity contribution is 0.343. The molecule has 0 saturated carbocycles. The van der Waals surface area contributed by atoms with E-state index in [2.05, 4.69) is 9.97 Å². The van der Waals surface area contributed by atoms with E-state index in [4.69, 9.17) is 5.41 Å². The van der Waals surface area contributed by atoms with E-state index in [1.165, 1.54) is 0 Å². The minimum atomic E-state index is -1.60. The Morgan fingerprint density at radius 2 is 1.39 bits per heavy atom. The van der Waals surface area contributed by atoms with Crippen molar-refractivity contribution in [1.82, 2.24) is 9.97 Å². The number of nitrogens with one attached hydrogen (secondary N) is 1. The maximum atomic E-state index is 15.6. The third kappa shape index (κ3) is 3.94. The molecule has 3 nitrogen and oxygen atoms in total. The maximum Gasteiger partial charge on any atom is 0.166 e. The Balaban J connectivity index is 1.87. The minimum absolute atomic E-state index is 0.0543. The van der Waals surface area contributed by atoms with Crippen molar-refractivity contribution in [3.63, 3.8) is 0 Å². The molecule has 2 heterocycles. The molecular formula is C29H29F4N3. The Morgan fingerprint density at radius 1 is 0.806 bits per heavy atom. The van der Waals surface area contributed by atoms with Crippen LogP contribution in [0.15, 0.2) is 42.7 Å². The maximum absolute atomic E-state index is 15.6. The van der Waals surface area contributed by atoms with Crippen LogP contribution in [0.25, 0.3) is 21.8 Å². The number of halogens is 4. The topological polar surface area (TPSA) is 49.6 Å². The van der Waals surface area contributed by atoms with Gasteiger partial charge in [-0.15, -0.1) is 0 Å². The summed E-state index contributed by atoms with van der Waals surface area (Å²) < 4.78 is 62.0. The first-order valence-electron chi connectivity index (χ1n) is 12.2. The zero-order valence-corrected chi connectivity index (χ0v) is 20.9. The fraction of sp³-hybridized carbons (Fsp3) is 0.345. The minimum Gasteiger partial charge on any atom is -0.312 e. The first-order chi connectivity index (χ1) is 17.2. The zero-order chi connectivity index (χ0) is 26.3. The second-order valence-electron chi connectivity index (χ2n) is 9.66. The summed E-state index contributed by atoms with van der Waals surface area (Å²) in [6.45, 7) is 6.69. The van der Waals surface area contributed by atoms with E-state index in [1.54, 1.807) is 40.1 Å². The van der Waals surface area contributed by atoms with E-state index in [0.29, 0.717) is 23.9 Å². The second-order valence-corrected chi connectivity index (χ2v) is 9.66. The van der Waals surface area contributed by atoms with Gasteiger partial charge in [-0.1, -0.05) is 45.9 Å². The van der Waals surface area contributed by atoms with Crippen LogP contribution in [0.5, 0.6) is 0 Å². The molecule has 0 fully saturated rings. The van der Waals surface area contributed by atoms with Gasteiger partial charge in [-0.2, -0.15) is 0 Å². The quantitative estimate of drug-likeness (QED) is 0.117. The highest BCUT2D eigenvalue weighted by Crippen LogP contribution is 2.42. The molecule has 2 aromatic carbocycles. The van der Waals surface area contributed by atoms with Gasteiger partial charge in [0.05, 0.1) is 11.0 Å². The third-order valence-electron chi connectivity index (χ3n) is 7.83. The molecule has 36 heavy (non-hydrogen) atoms. The summed E-state index contributed by atoms with van der Waals surface area (Å²) in [7, 11) is 0. The van der Waals surface area contributed by atoms with E-state index in [-0.39, 0.29) is 12.8 Å². The number of fused-ring (bicyclic) bond motifs is 3. The summed E-state index contributed by atoms with van der Waals surface area (Å²) in [5.41, 5.74) is -2.02. The summed E-state index contributed by atoms with van der Waals surface area (Å²) in [6.07, 6.45) is 4.75. The summed E-state index contributed by atoms with van der Waals surface area (Å²) >= 11 is 0. The predicted octanol–water partition coefficient (Wildman–Crippen LogP) is 7.96. The molecule has 1 N–H and O–H groups in total. The number of hydrogen-bond donors (Lipinski definition) is 1. The molecule has 7 heteroatoms. The van der Waals surface area contributed by atoms with E-state index in [0.717, 1.165) is 22.5 Å². The van der Waals surface area contributed by atoms with E-state index in [9.17, 15) is 0 Å². The standard InChI is InChI=1S/C29H29F4N3/c1-5-28(4,6-2)20-22(30)24(32)21(25(33)23(20)31)29(7-3,16-34)14-17-13-19-11-10-18-9-8-12-35-26(18)27(19)36-15-17/h8-13,15-16,34H,5-7,14H2,1-4H3. The van der Waals surface area contributed by atoms with Crippen LogP contribution < -0.4 is 0 Å². The van der Waals surface area contributed by atoms with Crippen LogP contribution in [0.1, 0.15) is 63.6 Å². The smallest absolute Gasteiger partial charge is 0.166 e. The average Bonchev–Trinajstić information content (AvgIpc) is 2.91. The molecule has 4 aromatic rings. The van der Waals surface area contributed by atoms with Gasteiger partial charge in [-0.05, 0) is 48.8 Å². The van der Waals surface area contributed by atoms with Gasteiger partial charge in [0.15, 0.2) is 23.3 Å². The molecule has 0 amide bonds. The van der Waals surface area contributed by atoms with Gasteiger partial charge >= 0.3 is 0 Å². The number of nitrogens with zero attached hydrogens (tertiary/aromatic N) is 2. The molecule has 1 unspecified atom stereocenters. The lowest BCUT2D eigenvalue weighted by Gasteiger charge is -2.33. The molecule has 0 aliphatic heterocycles. The van der Waals surface area contributed by atoms with Crippen LogP contribution in [0.3, 0.4) is 0 Å². The van der Waals surface area contributed by atoms with E-state index >= 15 is 17.6 Å². The van der Waals surface area contributed by atoms with Crippen LogP contribution >= 0.6 is 0 Å². The van der Waals surface area contributed by atoms with Crippen molar-refractivity contribution in [2.45, 2.75) is 64.2 Å². The fourth-order valence-corrected chi connectivity index (χ4v) is 5.06. The van der Waals surface area contributed by atoms with Gasteiger partial charge < -0.3 is 5.41 Å². The number of rotatable bonds is 8. The van der Waals surface area contributed by atoms with Gasteiger partial charge in [-0.3, -0.25) is 9.97 Å². The molecule has 188 valence electrons. The first-order valence-corrected chi connectivity index (χ1v) is 12.2. The summed E-state index contributed by atoms with van der Waals surface area (Å²) in [4.78, 5) is 8.93. The molecule has 0 bridgehead atoms. The van der Waals surface area contributed by atoms with Crippen molar-refractivity contribution in [2.75, 3.05) is 0 Å². The summed E-state index contributed by atoms with van der Waals surface area (Å²) in [5.74, 6) is -5.65. The Morgan fingerprint density at radius 3 is 1.97 bits per heavy atom. The van der Waals surface area contributed by atoms with Crippen LogP contribution in [0, 0.1) is 28.7 Å². The van der Waals surface area contributed by atoms with Crippen LogP contribution in [-0.4, -0.2) is 16.2 Å². The largest absolute Gasteiger partial charge is 0.312 e. The average molecular weight is 496 g/mol. The van der Waals surface area contributed by atoms with Crippen molar-refractivity contribution in [3.8, 4) is 0 Å². The molecule has 2 aromatic heterocycles. The van der Waals surface area contributed by atoms with Crippen LogP contribution in [-0.2, 0) is 17.3 Å². The SMILES string of the molecule is CCC(C)(CC)c1c(F)c(F)c(C(C=N)(CC)Cc2cnc3c(ccc4cccnc43)c2)c(F)c1F. The van der Waals surface area contributed by atoms with Gasteiger partial charge in [0.25, 0.3) is 0 Å². The fourth-order valence-electron chi connectivity index (χ4n) is 5.06. The molecule has 0 aliphatic rings. The van der Waals surface area contributed by atoms with Crippen molar-refractivity contribution in [1.29, 1.82) is 5.41 Å². The first kappa shape index (κ1) is 25.7. The van der Waals surface area contributed by atoms with Crippen molar-refractivity contribution in [3.05, 3.63) is 82.7 Å². The molecule has 0 saturated heterocycles. The Kier molecular flexibility index (Phi) is 6.86. The van der Waals surface area contributed by atoms with Crippen molar-refractivity contribution in [2.24, 2.45) is 0 Å². The third-order valence-corrected chi connectivity index (χ3v) is 7.83. The number of hydrogen-bond acceptors (Lipinski definition) is 3. The number of benzene rings is 2. The van der Waals surface area contributed by atoms with Gasteiger partial charge in [0, 0.05) is 45.9 Å². The Bertz CT molecular complexity index is 1430. The highest BCUT2D eigenvalue weighted by Gasteiger charge is 2.42. The van der Waals surface area contributed by atoms with Crippen LogP contribution in [0.4, 0.5) is 17.6 Å². The van der Waals surface area contributed by atoms with E-state index < -0.39 is 45.2 Å². The van der Waals surface area contributed by atoms with Crippen molar-refractivity contribution >= 4 is 28.0 Å².